The van der Waals surface area contributed by atoms with Crippen LogP contribution in [0.25, 0.3) is 11.4 Å². The summed E-state index contributed by atoms with van der Waals surface area (Å²) in [5, 5.41) is 22.4. The van der Waals surface area contributed by atoms with E-state index in [0.29, 0.717) is 42.5 Å². The number of halogens is 1. The number of hydrogen-bond acceptors (Lipinski definition) is 7. The molecular formula is C20H25FN8. The lowest BCUT2D eigenvalue weighted by atomic mass is 9.98. The summed E-state index contributed by atoms with van der Waals surface area (Å²) < 4.78 is 15.6. The molecule has 3 aromatic rings. The zero-order valence-electron chi connectivity index (χ0n) is 16.7. The van der Waals surface area contributed by atoms with Gasteiger partial charge in [-0.3, -0.25) is 4.90 Å². The highest BCUT2D eigenvalue weighted by Crippen LogP contribution is 2.34. The van der Waals surface area contributed by atoms with E-state index < -0.39 is 0 Å². The van der Waals surface area contributed by atoms with Crippen LogP contribution in [0.15, 0.2) is 30.5 Å². The highest BCUT2D eigenvalue weighted by atomic mass is 19.1. The topological polar surface area (TPSA) is 86.7 Å². The van der Waals surface area contributed by atoms with Gasteiger partial charge in [0.1, 0.15) is 5.82 Å². The molecule has 1 N–H and O–H groups in total. The second-order valence-electron chi connectivity index (χ2n) is 7.75. The molecule has 1 saturated heterocycles. The monoisotopic (exact) mass is 396 g/mol. The summed E-state index contributed by atoms with van der Waals surface area (Å²) in [6.45, 7) is 8.00. The van der Waals surface area contributed by atoms with Gasteiger partial charge >= 0.3 is 0 Å². The van der Waals surface area contributed by atoms with Gasteiger partial charge in [0.05, 0.1) is 11.4 Å². The summed E-state index contributed by atoms with van der Waals surface area (Å²) in [5.41, 5.74) is 2.91. The molecular weight excluding hydrogens is 371 g/mol. The molecule has 0 radical (unpaired) electrons. The Labute approximate surface area is 169 Å². The van der Waals surface area contributed by atoms with Crippen LogP contribution in [0.4, 0.5) is 10.1 Å². The highest BCUT2D eigenvalue weighted by molar-refractivity contribution is 5.75. The maximum atomic E-state index is 15.6. The van der Waals surface area contributed by atoms with Gasteiger partial charge in [0, 0.05) is 44.5 Å². The van der Waals surface area contributed by atoms with Gasteiger partial charge in [-0.1, -0.05) is 19.9 Å². The Kier molecular flexibility index (Phi) is 5.75. The second-order valence-corrected chi connectivity index (χ2v) is 7.75. The molecule has 1 fully saturated rings. The van der Waals surface area contributed by atoms with Crippen molar-refractivity contribution in [3.63, 3.8) is 0 Å². The number of aromatic amines is 1. The molecule has 0 amide bonds. The first-order valence-corrected chi connectivity index (χ1v) is 9.91. The quantitative estimate of drug-likeness (QED) is 0.684. The predicted octanol–water partition coefficient (Wildman–Crippen LogP) is 2.32. The van der Waals surface area contributed by atoms with Gasteiger partial charge in [-0.05, 0) is 41.3 Å². The molecule has 2 aromatic heterocycles. The third-order valence-corrected chi connectivity index (χ3v) is 5.11. The number of aromatic nitrogens is 6. The van der Waals surface area contributed by atoms with Crippen LogP contribution in [0.3, 0.4) is 0 Å². The number of anilines is 1. The Hall–Kier alpha value is -2.94. The molecule has 4 rings (SSSR count). The summed E-state index contributed by atoms with van der Waals surface area (Å²) in [7, 11) is 0. The van der Waals surface area contributed by atoms with E-state index >= 15 is 4.39 Å². The SMILES string of the molecule is CC(C)Cc1ccc(-c2nn[nH]n2)c(N2CCN(Cc3cccnn3)CC2)c1F. The minimum absolute atomic E-state index is 0.177. The van der Waals surface area contributed by atoms with Gasteiger partial charge in [0.15, 0.2) is 0 Å². The molecule has 0 unspecified atom stereocenters. The van der Waals surface area contributed by atoms with Crippen LogP contribution in [0.5, 0.6) is 0 Å². The normalized spacial score (nSPS) is 15.2. The highest BCUT2D eigenvalue weighted by Gasteiger charge is 2.26. The van der Waals surface area contributed by atoms with Gasteiger partial charge in [-0.2, -0.15) is 15.4 Å². The van der Waals surface area contributed by atoms with Crippen LogP contribution in [0.2, 0.25) is 0 Å². The van der Waals surface area contributed by atoms with Crippen LogP contribution in [-0.2, 0) is 13.0 Å². The molecule has 1 aromatic carbocycles. The molecule has 29 heavy (non-hydrogen) atoms. The fourth-order valence-electron chi connectivity index (χ4n) is 3.75. The van der Waals surface area contributed by atoms with Crippen LogP contribution in [0.1, 0.15) is 25.1 Å². The molecule has 0 bridgehead atoms. The Balaban J connectivity index is 1.57. The van der Waals surface area contributed by atoms with E-state index in [-0.39, 0.29) is 5.82 Å². The van der Waals surface area contributed by atoms with Crippen LogP contribution in [0, 0.1) is 11.7 Å². The number of H-pyrrole nitrogens is 1. The van der Waals surface area contributed by atoms with Crippen molar-refractivity contribution in [2.24, 2.45) is 5.92 Å². The molecule has 9 heteroatoms. The average Bonchev–Trinajstić information content (AvgIpc) is 3.25. The van der Waals surface area contributed by atoms with Gasteiger partial charge in [-0.25, -0.2) is 4.39 Å². The molecule has 0 saturated carbocycles. The summed E-state index contributed by atoms with van der Waals surface area (Å²) >= 11 is 0. The average molecular weight is 396 g/mol. The number of hydrogen-bond donors (Lipinski definition) is 1. The first-order valence-electron chi connectivity index (χ1n) is 9.91. The van der Waals surface area contributed by atoms with E-state index in [1.807, 2.05) is 24.3 Å². The lowest BCUT2D eigenvalue weighted by Crippen LogP contribution is -2.46. The largest absolute Gasteiger partial charge is 0.366 e. The number of nitrogens with zero attached hydrogens (tertiary/aromatic N) is 7. The first-order chi connectivity index (χ1) is 14.1. The molecule has 0 spiro atoms. The third kappa shape index (κ3) is 4.40. The van der Waals surface area contributed by atoms with Crippen LogP contribution >= 0.6 is 0 Å². The number of piperazine rings is 1. The summed E-state index contributed by atoms with van der Waals surface area (Å²) in [6.07, 6.45) is 2.37. The molecule has 8 nitrogen and oxygen atoms in total. The number of nitrogens with one attached hydrogen (secondary N) is 1. The maximum absolute atomic E-state index is 15.6. The number of benzene rings is 1. The minimum Gasteiger partial charge on any atom is -0.366 e. The van der Waals surface area contributed by atoms with Crippen molar-refractivity contribution >= 4 is 5.69 Å². The first kappa shape index (κ1) is 19.4. The van der Waals surface area contributed by atoms with Gasteiger partial charge in [0.25, 0.3) is 0 Å². The lowest BCUT2D eigenvalue weighted by Gasteiger charge is -2.37. The predicted molar refractivity (Wildman–Crippen MR) is 108 cm³/mol. The summed E-state index contributed by atoms with van der Waals surface area (Å²) in [4.78, 5) is 4.41. The Morgan fingerprint density at radius 1 is 1.10 bits per heavy atom. The zero-order valence-corrected chi connectivity index (χ0v) is 16.7. The van der Waals surface area contributed by atoms with Gasteiger partial charge in [0.2, 0.25) is 5.82 Å². The van der Waals surface area contributed by atoms with Crippen molar-refractivity contribution < 1.29 is 4.39 Å². The molecule has 1 aliphatic heterocycles. The number of tetrazole rings is 1. The number of rotatable bonds is 6. The van der Waals surface area contributed by atoms with Crippen LogP contribution in [-0.4, -0.2) is 61.9 Å². The van der Waals surface area contributed by atoms with E-state index in [9.17, 15) is 0 Å². The van der Waals surface area contributed by atoms with Crippen molar-refractivity contribution in [2.45, 2.75) is 26.8 Å². The Morgan fingerprint density at radius 3 is 2.59 bits per heavy atom. The molecule has 1 aliphatic rings. The van der Waals surface area contributed by atoms with Crippen LogP contribution < -0.4 is 4.90 Å². The molecule has 0 atom stereocenters. The van der Waals surface area contributed by atoms with Crippen molar-refractivity contribution in [2.75, 3.05) is 31.1 Å². The van der Waals surface area contributed by atoms with Crippen molar-refractivity contribution in [1.82, 2.24) is 35.7 Å². The Morgan fingerprint density at radius 2 is 1.93 bits per heavy atom. The van der Waals surface area contributed by atoms with E-state index in [4.69, 9.17) is 0 Å². The molecule has 152 valence electrons. The molecule has 3 heterocycles. The van der Waals surface area contributed by atoms with Gasteiger partial charge < -0.3 is 4.90 Å². The standard InChI is InChI=1S/C20H25FN8/c1-14(2)12-15-5-6-17(20-24-26-27-25-20)19(18(15)21)29-10-8-28(9-11-29)13-16-4-3-7-22-23-16/h3-7,14H,8-13H2,1-2H3,(H,24,25,26,27). The van der Waals surface area contributed by atoms with E-state index in [2.05, 4.69) is 54.5 Å². The van der Waals surface area contributed by atoms with E-state index in [0.717, 1.165) is 30.9 Å². The lowest BCUT2D eigenvalue weighted by molar-refractivity contribution is 0.245. The van der Waals surface area contributed by atoms with E-state index in [1.54, 1.807) is 6.20 Å². The second kappa shape index (κ2) is 8.60. The fourth-order valence-corrected chi connectivity index (χ4v) is 3.75. The van der Waals surface area contributed by atoms with Gasteiger partial charge in [-0.15, -0.1) is 10.2 Å². The summed E-state index contributed by atoms with van der Waals surface area (Å²) in [6, 6.07) is 7.62. The Bertz CT molecular complexity index is 921. The smallest absolute Gasteiger partial charge is 0.206 e. The van der Waals surface area contributed by atoms with Crippen molar-refractivity contribution in [3.05, 3.63) is 47.5 Å². The molecule has 0 aliphatic carbocycles. The van der Waals surface area contributed by atoms with Crippen molar-refractivity contribution in [3.8, 4) is 11.4 Å². The van der Waals surface area contributed by atoms with E-state index in [1.165, 1.54) is 0 Å². The van der Waals surface area contributed by atoms with Crippen molar-refractivity contribution in [1.29, 1.82) is 0 Å². The minimum atomic E-state index is -0.177. The third-order valence-electron chi connectivity index (χ3n) is 5.11. The summed E-state index contributed by atoms with van der Waals surface area (Å²) in [5.74, 6) is 0.609. The zero-order chi connectivity index (χ0) is 20.2. The fraction of sp³-hybridized carbons (Fsp3) is 0.450. The maximum Gasteiger partial charge on any atom is 0.206 e.